The first kappa shape index (κ1) is 18.9. The third-order valence-electron chi connectivity index (χ3n) is 5.24. The molecule has 29 heavy (non-hydrogen) atoms. The van der Waals surface area contributed by atoms with Gasteiger partial charge >= 0.3 is 0 Å². The number of hydrogen-bond donors (Lipinski definition) is 0. The molecule has 0 atom stereocenters. The minimum absolute atomic E-state index is 0.0283. The lowest BCUT2D eigenvalue weighted by Gasteiger charge is -2.32. The lowest BCUT2D eigenvalue weighted by atomic mass is 10.0. The van der Waals surface area contributed by atoms with Gasteiger partial charge in [-0.25, -0.2) is 9.97 Å². The first-order chi connectivity index (χ1) is 14.2. The van der Waals surface area contributed by atoms with Crippen LogP contribution in [0.25, 0.3) is 17.1 Å². The molecule has 0 unspecified atom stereocenters. The molecule has 0 spiro atoms. The van der Waals surface area contributed by atoms with E-state index >= 15 is 0 Å². The fraction of sp³-hybridized carbons (Fsp3) is 0.273. The number of fused-ring (bicyclic) bond motifs is 1. The van der Waals surface area contributed by atoms with Crippen LogP contribution in [-0.2, 0) is 4.79 Å². The molecule has 0 aliphatic carbocycles. The summed E-state index contributed by atoms with van der Waals surface area (Å²) in [6.07, 6.45) is 8.01. The monoisotopic (exact) mass is 390 g/mol. The number of methoxy groups -OCH3 is 1. The van der Waals surface area contributed by atoms with Gasteiger partial charge in [0.1, 0.15) is 12.1 Å². The number of carbonyl (C=O) groups excluding carboxylic acids is 1. The predicted molar refractivity (Wildman–Crippen MR) is 111 cm³/mol. The maximum Gasteiger partial charge on any atom is 0.263 e. The minimum Gasteiger partial charge on any atom is -0.497 e. The molecule has 7 heteroatoms. The average molecular weight is 390 g/mol. The summed E-state index contributed by atoms with van der Waals surface area (Å²) in [6, 6.07) is 11.1. The Kier molecular flexibility index (Phi) is 5.37. The van der Waals surface area contributed by atoms with E-state index in [1.54, 1.807) is 48.5 Å². The minimum atomic E-state index is -0.0780. The highest BCUT2D eigenvalue weighted by atomic mass is 16.5. The molecule has 1 fully saturated rings. The van der Waals surface area contributed by atoms with Crippen molar-refractivity contribution < 1.29 is 9.53 Å². The quantitative estimate of drug-likeness (QED) is 0.640. The molecule has 1 aromatic carbocycles. The Hall–Kier alpha value is -3.48. The lowest BCUT2D eigenvalue weighted by Crippen LogP contribution is -2.40. The van der Waals surface area contributed by atoms with Gasteiger partial charge in [-0.05, 0) is 48.7 Å². The molecule has 1 aliphatic rings. The summed E-state index contributed by atoms with van der Waals surface area (Å²) in [5, 5.41) is 0.523. The number of rotatable bonds is 4. The number of likely N-dealkylation sites (tertiary alicyclic amines) is 1. The van der Waals surface area contributed by atoms with Gasteiger partial charge in [0.05, 0.1) is 12.5 Å². The third-order valence-corrected chi connectivity index (χ3v) is 5.24. The highest BCUT2D eigenvalue weighted by Crippen LogP contribution is 2.22. The van der Waals surface area contributed by atoms with E-state index < -0.39 is 0 Å². The molecule has 1 saturated heterocycles. The number of aromatic nitrogens is 3. The van der Waals surface area contributed by atoms with Crippen LogP contribution in [0.4, 0.5) is 0 Å². The van der Waals surface area contributed by atoms with E-state index in [0.717, 1.165) is 11.3 Å². The molecule has 0 bridgehead atoms. The van der Waals surface area contributed by atoms with Crippen molar-refractivity contribution in [3.63, 3.8) is 0 Å². The van der Waals surface area contributed by atoms with Crippen molar-refractivity contribution in [1.29, 1.82) is 0 Å². The number of amides is 1. The number of piperidine rings is 1. The SMILES string of the molecule is COc1cccc(/C=C/C(=O)N2CCC(n3cnc4ncccc4c3=O)CC2)c1. The largest absolute Gasteiger partial charge is 0.497 e. The van der Waals surface area contributed by atoms with Crippen molar-refractivity contribution >= 4 is 23.0 Å². The van der Waals surface area contributed by atoms with E-state index in [1.165, 1.54) is 0 Å². The summed E-state index contributed by atoms with van der Waals surface area (Å²) in [6.45, 7) is 1.20. The maximum absolute atomic E-state index is 12.7. The first-order valence-corrected chi connectivity index (χ1v) is 9.58. The molecular formula is C22H22N4O3. The summed E-state index contributed by atoms with van der Waals surface area (Å²) in [7, 11) is 1.62. The molecule has 0 N–H and O–H groups in total. The van der Waals surface area contributed by atoms with Crippen LogP contribution in [0, 0.1) is 0 Å². The second kappa shape index (κ2) is 8.26. The van der Waals surface area contributed by atoms with Gasteiger partial charge < -0.3 is 9.64 Å². The molecule has 0 saturated carbocycles. The van der Waals surface area contributed by atoms with Crippen molar-refractivity contribution in [3.8, 4) is 5.75 Å². The van der Waals surface area contributed by atoms with Gasteiger partial charge in [0, 0.05) is 31.4 Å². The number of hydrogen-bond acceptors (Lipinski definition) is 5. The molecule has 1 amide bonds. The van der Waals surface area contributed by atoms with E-state index in [-0.39, 0.29) is 17.5 Å². The molecule has 4 rings (SSSR count). The van der Waals surface area contributed by atoms with Crippen molar-refractivity contribution in [2.45, 2.75) is 18.9 Å². The fourth-order valence-electron chi connectivity index (χ4n) is 3.62. The third kappa shape index (κ3) is 4.03. The van der Waals surface area contributed by atoms with E-state index in [9.17, 15) is 9.59 Å². The number of ether oxygens (including phenoxy) is 1. The van der Waals surface area contributed by atoms with Gasteiger partial charge in [0.2, 0.25) is 5.91 Å². The van der Waals surface area contributed by atoms with E-state index in [2.05, 4.69) is 9.97 Å². The molecule has 3 aromatic rings. The van der Waals surface area contributed by atoms with Gasteiger partial charge in [-0.1, -0.05) is 12.1 Å². The number of benzene rings is 1. The molecule has 148 valence electrons. The van der Waals surface area contributed by atoms with Crippen LogP contribution in [0.2, 0.25) is 0 Å². The van der Waals surface area contributed by atoms with E-state index in [1.807, 2.05) is 29.2 Å². The second-order valence-electron chi connectivity index (χ2n) is 7.00. The molecule has 7 nitrogen and oxygen atoms in total. The second-order valence-corrected chi connectivity index (χ2v) is 7.00. The predicted octanol–water partition coefficient (Wildman–Crippen LogP) is 2.68. The van der Waals surface area contributed by atoms with Crippen LogP contribution in [-0.4, -0.2) is 45.5 Å². The van der Waals surface area contributed by atoms with Crippen LogP contribution in [0.15, 0.2) is 59.8 Å². The Bertz CT molecular complexity index is 1110. The van der Waals surface area contributed by atoms with Gasteiger partial charge in [0.25, 0.3) is 5.56 Å². The normalized spacial score (nSPS) is 15.1. The number of pyridine rings is 1. The van der Waals surface area contributed by atoms with E-state index in [4.69, 9.17) is 4.74 Å². The Labute approximate surface area is 168 Å². The molecule has 2 aromatic heterocycles. The zero-order valence-corrected chi connectivity index (χ0v) is 16.2. The highest BCUT2D eigenvalue weighted by molar-refractivity contribution is 5.91. The standard InChI is InChI=1S/C22H22N4O3/c1-29-18-5-2-4-16(14-18)7-8-20(27)25-12-9-17(10-13-25)26-15-24-21-19(22(26)28)6-3-11-23-21/h2-8,11,14-15,17H,9-10,12-13H2,1H3/b8-7+. The zero-order valence-electron chi connectivity index (χ0n) is 16.2. The summed E-state index contributed by atoms with van der Waals surface area (Å²) in [5.41, 5.74) is 1.30. The fourth-order valence-corrected chi connectivity index (χ4v) is 3.62. The Morgan fingerprint density at radius 3 is 2.79 bits per heavy atom. The molecular weight excluding hydrogens is 368 g/mol. The average Bonchev–Trinajstić information content (AvgIpc) is 2.78. The van der Waals surface area contributed by atoms with Crippen LogP contribution in [0.5, 0.6) is 5.75 Å². The van der Waals surface area contributed by atoms with Crippen molar-refractivity contribution in [2.24, 2.45) is 0 Å². The Morgan fingerprint density at radius 2 is 2.00 bits per heavy atom. The van der Waals surface area contributed by atoms with E-state index in [0.29, 0.717) is 37.0 Å². The highest BCUT2D eigenvalue weighted by Gasteiger charge is 2.24. The summed E-state index contributed by atoms with van der Waals surface area (Å²) < 4.78 is 6.88. The van der Waals surface area contributed by atoms with Gasteiger partial charge in [0.15, 0.2) is 5.65 Å². The topological polar surface area (TPSA) is 77.3 Å². The van der Waals surface area contributed by atoms with Crippen molar-refractivity contribution in [2.75, 3.05) is 20.2 Å². The Morgan fingerprint density at radius 1 is 1.17 bits per heavy atom. The molecule has 0 radical (unpaired) electrons. The Balaban J connectivity index is 1.41. The molecule has 3 heterocycles. The van der Waals surface area contributed by atoms with Crippen LogP contribution >= 0.6 is 0 Å². The van der Waals surface area contributed by atoms with Gasteiger partial charge in [-0.3, -0.25) is 14.2 Å². The van der Waals surface area contributed by atoms with Crippen LogP contribution in [0.3, 0.4) is 0 Å². The first-order valence-electron chi connectivity index (χ1n) is 9.58. The van der Waals surface area contributed by atoms with Crippen LogP contribution in [0.1, 0.15) is 24.4 Å². The lowest BCUT2D eigenvalue weighted by molar-refractivity contribution is -0.127. The van der Waals surface area contributed by atoms with Crippen LogP contribution < -0.4 is 10.3 Å². The van der Waals surface area contributed by atoms with Crippen molar-refractivity contribution in [3.05, 3.63) is 70.9 Å². The zero-order chi connectivity index (χ0) is 20.2. The number of carbonyl (C=O) groups is 1. The maximum atomic E-state index is 12.7. The summed E-state index contributed by atoms with van der Waals surface area (Å²) >= 11 is 0. The smallest absolute Gasteiger partial charge is 0.263 e. The van der Waals surface area contributed by atoms with Gasteiger partial charge in [-0.2, -0.15) is 0 Å². The summed E-state index contributed by atoms with van der Waals surface area (Å²) in [4.78, 5) is 35.5. The van der Waals surface area contributed by atoms with Crippen molar-refractivity contribution in [1.82, 2.24) is 19.4 Å². The summed E-state index contributed by atoms with van der Waals surface area (Å²) in [5.74, 6) is 0.726. The molecule has 1 aliphatic heterocycles. The number of nitrogens with zero attached hydrogens (tertiary/aromatic N) is 4. The van der Waals surface area contributed by atoms with Gasteiger partial charge in [-0.15, -0.1) is 0 Å².